The largest absolute Gasteiger partial charge is 0.484 e. The zero-order valence-corrected chi connectivity index (χ0v) is 17.0. The lowest BCUT2D eigenvalue weighted by atomic mass is 10.2. The van der Waals surface area contributed by atoms with Gasteiger partial charge in [0.2, 0.25) is 10.0 Å². The highest BCUT2D eigenvalue weighted by Gasteiger charge is 2.18. The summed E-state index contributed by atoms with van der Waals surface area (Å²) in [5, 5.41) is 11.9. The van der Waals surface area contributed by atoms with Gasteiger partial charge in [0.1, 0.15) is 5.75 Å². The van der Waals surface area contributed by atoms with Crippen molar-refractivity contribution >= 4 is 33.2 Å². The first-order valence-corrected chi connectivity index (χ1v) is 10.8. The number of hydrogen-bond donors (Lipinski definition) is 2. The van der Waals surface area contributed by atoms with Crippen molar-refractivity contribution in [2.75, 3.05) is 30.3 Å². The highest BCUT2D eigenvalue weighted by Crippen LogP contribution is 2.24. The van der Waals surface area contributed by atoms with Gasteiger partial charge in [-0.15, -0.1) is 0 Å². The molecule has 0 aliphatic heterocycles. The predicted molar refractivity (Wildman–Crippen MR) is 109 cm³/mol. The molecule has 0 bridgehead atoms. The van der Waals surface area contributed by atoms with E-state index in [-0.39, 0.29) is 25.7 Å². The number of hydrogen-bond acceptors (Lipinski definition) is 5. The number of aliphatic hydroxyl groups excluding tert-OH is 1. The van der Waals surface area contributed by atoms with Crippen LogP contribution in [0.1, 0.15) is 12.0 Å². The van der Waals surface area contributed by atoms with E-state index in [2.05, 4.69) is 5.32 Å². The number of aliphatic hydroxyl groups is 1. The molecule has 0 heterocycles. The van der Waals surface area contributed by atoms with Crippen LogP contribution in [0, 0.1) is 0 Å². The van der Waals surface area contributed by atoms with Gasteiger partial charge in [-0.2, -0.15) is 0 Å². The fraction of sp³-hybridized carbons (Fsp3) is 0.316. The van der Waals surface area contributed by atoms with Crippen LogP contribution < -0.4 is 14.4 Å². The number of carbonyl (C=O) groups is 1. The van der Waals surface area contributed by atoms with Crippen molar-refractivity contribution in [3.8, 4) is 5.75 Å². The van der Waals surface area contributed by atoms with Crippen LogP contribution >= 0.6 is 11.6 Å². The normalized spacial score (nSPS) is 11.1. The molecular weight excluding hydrogens is 404 g/mol. The standard InChI is InChI=1S/C19H23ClN2O5S/c1-28(25,26)22(13-15-3-5-16(20)6-4-15)17-7-9-18(10-8-17)27-14-19(24)21-11-2-12-23/h3-10,23H,2,11-14H2,1H3,(H,21,24). The van der Waals surface area contributed by atoms with E-state index in [1.807, 2.05) is 0 Å². The molecule has 2 N–H and O–H groups in total. The maximum atomic E-state index is 12.2. The van der Waals surface area contributed by atoms with E-state index in [1.165, 1.54) is 4.31 Å². The number of amides is 1. The molecular formula is C19H23ClN2O5S. The third kappa shape index (κ3) is 7.03. The van der Waals surface area contributed by atoms with Crippen LogP contribution in [0.15, 0.2) is 48.5 Å². The summed E-state index contributed by atoms with van der Waals surface area (Å²) in [6.45, 7) is 0.399. The van der Waals surface area contributed by atoms with Gasteiger partial charge >= 0.3 is 0 Å². The van der Waals surface area contributed by atoms with Gasteiger partial charge in [0.25, 0.3) is 5.91 Å². The number of nitrogens with one attached hydrogen (secondary N) is 1. The lowest BCUT2D eigenvalue weighted by Crippen LogP contribution is -2.30. The van der Waals surface area contributed by atoms with Crippen molar-refractivity contribution in [1.82, 2.24) is 5.32 Å². The van der Waals surface area contributed by atoms with Crippen LogP contribution in [0.3, 0.4) is 0 Å². The molecule has 2 aromatic carbocycles. The summed E-state index contributed by atoms with van der Waals surface area (Å²) in [7, 11) is -3.50. The monoisotopic (exact) mass is 426 g/mol. The van der Waals surface area contributed by atoms with Crippen molar-refractivity contribution in [2.24, 2.45) is 0 Å². The Hall–Kier alpha value is -2.29. The molecule has 28 heavy (non-hydrogen) atoms. The Morgan fingerprint density at radius 2 is 1.79 bits per heavy atom. The highest BCUT2D eigenvalue weighted by atomic mass is 35.5. The van der Waals surface area contributed by atoms with E-state index in [0.717, 1.165) is 11.8 Å². The smallest absolute Gasteiger partial charge is 0.257 e. The minimum absolute atomic E-state index is 0.00938. The molecule has 0 unspecified atom stereocenters. The number of rotatable bonds is 10. The molecule has 0 aliphatic rings. The molecule has 2 rings (SSSR count). The number of sulfonamides is 1. The fourth-order valence-corrected chi connectivity index (χ4v) is 3.39. The number of halogens is 1. The van der Waals surface area contributed by atoms with Gasteiger partial charge in [-0.25, -0.2) is 8.42 Å². The number of anilines is 1. The number of ether oxygens (including phenoxy) is 1. The summed E-state index contributed by atoms with van der Waals surface area (Å²) in [5.74, 6) is 0.152. The van der Waals surface area contributed by atoms with E-state index in [1.54, 1.807) is 48.5 Å². The molecule has 0 fully saturated rings. The van der Waals surface area contributed by atoms with Crippen LogP contribution in [0.2, 0.25) is 5.02 Å². The molecule has 0 saturated heterocycles. The zero-order chi connectivity index (χ0) is 20.6. The summed E-state index contributed by atoms with van der Waals surface area (Å²) < 4.78 is 31.1. The van der Waals surface area contributed by atoms with Gasteiger partial charge in [-0.1, -0.05) is 23.7 Å². The summed E-state index contributed by atoms with van der Waals surface area (Å²) >= 11 is 5.87. The maximum absolute atomic E-state index is 12.2. The summed E-state index contributed by atoms with van der Waals surface area (Å²) in [6, 6.07) is 13.4. The van der Waals surface area contributed by atoms with Crippen LogP contribution in [0.25, 0.3) is 0 Å². The van der Waals surface area contributed by atoms with Crippen molar-refractivity contribution in [2.45, 2.75) is 13.0 Å². The van der Waals surface area contributed by atoms with Crippen LogP contribution in [-0.4, -0.2) is 45.4 Å². The Bertz CT molecular complexity index is 870. The second-order valence-corrected chi connectivity index (χ2v) is 8.45. The van der Waals surface area contributed by atoms with E-state index in [9.17, 15) is 13.2 Å². The first-order valence-electron chi connectivity index (χ1n) is 8.62. The first-order chi connectivity index (χ1) is 13.3. The number of nitrogens with zero attached hydrogens (tertiary/aromatic N) is 1. The van der Waals surface area contributed by atoms with Crippen molar-refractivity contribution in [3.63, 3.8) is 0 Å². The molecule has 1 amide bonds. The quantitative estimate of drug-likeness (QED) is 0.568. The van der Waals surface area contributed by atoms with Crippen LogP contribution in [0.4, 0.5) is 5.69 Å². The summed E-state index contributed by atoms with van der Waals surface area (Å²) in [5.41, 5.74) is 1.28. The molecule has 0 atom stereocenters. The maximum Gasteiger partial charge on any atom is 0.257 e. The third-order valence-corrected chi connectivity index (χ3v) is 5.18. The lowest BCUT2D eigenvalue weighted by molar-refractivity contribution is -0.123. The van der Waals surface area contributed by atoms with Crippen molar-refractivity contribution in [1.29, 1.82) is 0 Å². The van der Waals surface area contributed by atoms with E-state index in [0.29, 0.717) is 29.4 Å². The predicted octanol–water partition coefficient (Wildman–Crippen LogP) is 2.18. The minimum Gasteiger partial charge on any atom is -0.484 e. The Balaban J connectivity index is 2.03. The van der Waals surface area contributed by atoms with E-state index >= 15 is 0 Å². The second kappa shape index (κ2) is 10.3. The highest BCUT2D eigenvalue weighted by molar-refractivity contribution is 7.92. The van der Waals surface area contributed by atoms with Crippen molar-refractivity contribution < 1.29 is 23.1 Å². The Morgan fingerprint density at radius 3 is 2.36 bits per heavy atom. The minimum atomic E-state index is -3.50. The summed E-state index contributed by atoms with van der Waals surface area (Å²) in [6.07, 6.45) is 1.62. The molecule has 9 heteroatoms. The summed E-state index contributed by atoms with van der Waals surface area (Å²) in [4.78, 5) is 11.6. The third-order valence-electron chi connectivity index (χ3n) is 3.79. The molecule has 0 aliphatic carbocycles. The molecule has 7 nitrogen and oxygen atoms in total. The van der Waals surface area contributed by atoms with Gasteiger partial charge in [0.15, 0.2) is 6.61 Å². The fourth-order valence-electron chi connectivity index (χ4n) is 2.37. The van der Waals surface area contributed by atoms with Gasteiger partial charge in [-0.05, 0) is 48.4 Å². The van der Waals surface area contributed by atoms with Crippen LogP contribution in [-0.2, 0) is 21.4 Å². The SMILES string of the molecule is CS(=O)(=O)N(Cc1ccc(Cl)cc1)c1ccc(OCC(=O)NCCCO)cc1. The van der Waals surface area contributed by atoms with Gasteiger partial charge in [0, 0.05) is 18.2 Å². The van der Waals surface area contributed by atoms with E-state index in [4.69, 9.17) is 21.4 Å². The van der Waals surface area contributed by atoms with Gasteiger partial charge < -0.3 is 15.2 Å². The Morgan fingerprint density at radius 1 is 1.14 bits per heavy atom. The molecule has 152 valence electrons. The molecule has 0 aromatic heterocycles. The van der Waals surface area contributed by atoms with E-state index < -0.39 is 10.0 Å². The van der Waals surface area contributed by atoms with Gasteiger partial charge in [0.05, 0.1) is 18.5 Å². The Labute approximate surface area is 169 Å². The number of carbonyl (C=O) groups excluding carboxylic acids is 1. The molecule has 2 aromatic rings. The van der Waals surface area contributed by atoms with Gasteiger partial charge in [-0.3, -0.25) is 9.10 Å². The number of benzene rings is 2. The Kier molecular flexibility index (Phi) is 8.10. The molecule has 0 radical (unpaired) electrons. The first kappa shape index (κ1) is 22.0. The molecule has 0 spiro atoms. The average molecular weight is 427 g/mol. The lowest BCUT2D eigenvalue weighted by Gasteiger charge is -2.23. The average Bonchev–Trinajstić information content (AvgIpc) is 2.66. The second-order valence-electron chi connectivity index (χ2n) is 6.11. The zero-order valence-electron chi connectivity index (χ0n) is 15.5. The van der Waals surface area contributed by atoms with Crippen molar-refractivity contribution in [3.05, 3.63) is 59.1 Å². The topological polar surface area (TPSA) is 95.9 Å². The van der Waals surface area contributed by atoms with Crippen LogP contribution in [0.5, 0.6) is 5.75 Å². The molecule has 0 saturated carbocycles.